The van der Waals surface area contributed by atoms with Gasteiger partial charge in [0.2, 0.25) is 5.82 Å². The van der Waals surface area contributed by atoms with Gasteiger partial charge < -0.3 is 16.8 Å². The normalized spacial score (nSPS) is 11.0. The number of nitrogens with zero attached hydrogens (tertiary/aromatic N) is 3. The van der Waals surface area contributed by atoms with Crippen LogP contribution in [0, 0.1) is 5.82 Å². The molecule has 5 N–H and O–H groups in total. The summed E-state index contributed by atoms with van der Waals surface area (Å²) >= 11 is 3.09. The minimum atomic E-state index is -0.422. The van der Waals surface area contributed by atoms with Gasteiger partial charge in [-0.1, -0.05) is 30.3 Å². The molecular weight excluding hydrogens is 467 g/mol. The third-order valence-corrected chi connectivity index (χ3v) is 4.74. The van der Waals surface area contributed by atoms with Crippen molar-refractivity contribution in [2.75, 3.05) is 12.4 Å². The summed E-state index contributed by atoms with van der Waals surface area (Å²) in [6.45, 7) is 0. The molecule has 158 valence electrons. The fourth-order valence-corrected chi connectivity index (χ4v) is 3.06. The maximum Gasteiger partial charge on any atom is 0.256 e. The summed E-state index contributed by atoms with van der Waals surface area (Å²) in [7, 11) is 1.50. The highest BCUT2D eigenvalue weighted by molar-refractivity contribution is 9.10. The molecule has 0 aliphatic rings. The van der Waals surface area contributed by atoms with E-state index in [0.29, 0.717) is 11.3 Å². The Morgan fingerprint density at radius 3 is 2.55 bits per heavy atom. The molecule has 1 heterocycles. The van der Waals surface area contributed by atoms with Crippen molar-refractivity contribution < 1.29 is 13.8 Å². The lowest BCUT2D eigenvalue weighted by Crippen LogP contribution is -2.19. The molecule has 0 unspecified atom stereocenters. The summed E-state index contributed by atoms with van der Waals surface area (Å²) in [5, 5.41) is 12.0. The molecule has 3 aromatic carbocycles. The Balaban J connectivity index is 0.00000132. The summed E-state index contributed by atoms with van der Waals surface area (Å²) in [6.07, 6.45) is 0. The van der Waals surface area contributed by atoms with Gasteiger partial charge in [-0.15, -0.1) is 0 Å². The number of aromatic nitrogens is 2. The zero-order chi connectivity index (χ0) is 22.4. The quantitative estimate of drug-likeness (QED) is 0.296. The first-order valence-electron chi connectivity index (χ1n) is 9.01. The topological polar surface area (TPSA) is 132 Å². The third-order valence-electron chi connectivity index (χ3n) is 4.13. The Kier molecular flexibility index (Phi) is 7.06. The van der Waals surface area contributed by atoms with E-state index in [1.54, 1.807) is 12.1 Å². The number of nitrogens with two attached hydrogens (primary N) is 2. The van der Waals surface area contributed by atoms with Crippen molar-refractivity contribution in [2.24, 2.45) is 16.5 Å². The fourth-order valence-electron chi connectivity index (χ4n) is 2.70. The van der Waals surface area contributed by atoms with Gasteiger partial charge in [-0.25, -0.2) is 14.0 Å². The SMILES string of the molecule is CN.NC(=Nc1ccc(F)c(Br)c1)c1nonc1NC(=O)c1ccc2ccccc2c1. The van der Waals surface area contributed by atoms with Crippen LogP contribution in [0.3, 0.4) is 0 Å². The lowest BCUT2D eigenvalue weighted by molar-refractivity contribution is 0.102. The molecule has 4 aromatic rings. The Bertz CT molecular complexity index is 1260. The lowest BCUT2D eigenvalue weighted by Gasteiger charge is -2.05. The van der Waals surface area contributed by atoms with Gasteiger partial charge in [0.15, 0.2) is 11.5 Å². The van der Waals surface area contributed by atoms with Crippen LogP contribution < -0.4 is 16.8 Å². The number of anilines is 1. The number of amidine groups is 1. The number of carbonyl (C=O) groups excluding carboxylic acids is 1. The zero-order valence-corrected chi connectivity index (χ0v) is 17.9. The predicted molar refractivity (Wildman–Crippen MR) is 121 cm³/mol. The predicted octanol–water partition coefficient (Wildman–Crippen LogP) is 3.99. The standard InChI is InChI=1S/C20H13BrFN5O2.CH5N/c21-15-10-14(7-8-16(15)22)24-18(23)17-19(27-29-26-17)25-20(28)13-6-5-11-3-1-2-4-12(11)9-13;1-2/h1-10H,(H2,23,24)(H,25,27,28);2H2,1H3. The Labute approximate surface area is 185 Å². The Hall–Kier alpha value is -3.63. The number of nitrogens with one attached hydrogen (secondary N) is 1. The first kappa shape index (κ1) is 22.1. The minimum absolute atomic E-state index is 0.0329. The second-order valence-electron chi connectivity index (χ2n) is 6.07. The molecule has 31 heavy (non-hydrogen) atoms. The number of amides is 1. The van der Waals surface area contributed by atoms with Crippen LogP contribution in [0.5, 0.6) is 0 Å². The van der Waals surface area contributed by atoms with E-state index in [-0.39, 0.29) is 21.8 Å². The van der Waals surface area contributed by atoms with Crippen LogP contribution in [0.4, 0.5) is 15.9 Å². The van der Waals surface area contributed by atoms with Gasteiger partial charge in [0.1, 0.15) is 5.82 Å². The summed E-state index contributed by atoms with van der Waals surface area (Å²) < 4.78 is 18.3. The van der Waals surface area contributed by atoms with E-state index in [0.717, 1.165) is 10.8 Å². The largest absolute Gasteiger partial charge is 0.382 e. The van der Waals surface area contributed by atoms with Crippen LogP contribution >= 0.6 is 15.9 Å². The number of halogens is 2. The molecule has 0 atom stereocenters. The van der Waals surface area contributed by atoms with Crippen LogP contribution in [-0.4, -0.2) is 29.1 Å². The van der Waals surface area contributed by atoms with E-state index in [1.807, 2.05) is 30.3 Å². The highest BCUT2D eigenvalue weighted by Gasteiger charge is 2.18. The van der Waals surface area contributed by atoms with Gasteiger partial charge in [0.05, 0.1) is 10.2 Å². The van der Waals surface area contributed by atoms with Crippen molar-refractivity contribution in [2.45, 2.75) is 0 Å². The molecule has 0 spiro atoms. The van der Waals surface area contributed by atoms with Gasteiger partial charge in [-0.05, 0) is 74.4 Å². The van der Waals surface area contributed by atoms with E-state index in [1.165, 1.54) is 25.2 Å². The van der Waals surface area contributed by atoms with Gasteiger partial charge in [0, 0.05) is 5.56 Å². The Morgan fingerprint density at radius 1 is 1.06 bits per heavy atom. The number of carbonyl (C=O) groups is 1. The van der Waals surface area contributed by atoms with Crippen LogP contribution in [0.1, 0.15) is 16.1 Å². The van der Waals surface area contributed by atoms with Gasteiger partial charge >= 0.3 is 0 Å². The van der Waals surface area contributed by atoms with Crippen LogP contribution in [-0.2, 0) is 0 Å². The van der Waals surface area contributed by atoms with Crippen molar-refractivity contribution in [1.82, 2.24) is 10.3 Å². The van der Waals surface area contributed by atoms with Crippen molar-refractivity contribution in [3.63, 3.8) is 0 Å². The van der Waals surface area contributed by atoms with Crippen molar-refractivity contribution >= 4 is 50.0 Å². The molecular formula is C21H18BrFN6O2. The number of hydrogen-bond acceptors (Lipinski definition) is 6. The average Bonchev–Trinajstić information content (AvgIpc) is 3.25. The minimum Gasteiger partial charge on any atom is -0.382 e. The maximum atomic E-state index is 13.4. The molecule has 0 fully saturated rings. The molecule has 0 aliphatic heterocycles. The molecule has 8 nitrogen and oxygen atoms in total. The van der Waals surface area contributed by atoms with Gasteiger partial charge in [-0.2, -0.15) is 0 Å². The monoisotopic (exact) mass is 484 g/mol. The van der Waals surface area contributed by atoms with E-state index in [4.69, 9.17) is 10.4 Å². The van der Waals surface area contributed by atoms with E-state index in [9.17, 15) is 9.18 Å². The summed E-state index contributed by atoms with van der Waals surface area (Å²) in [4.78, 5) is 16.8. The van der Waals surface area contributed by atoms with Crippen LogP contribution in [0.15, 0.2) is 74.8 Å². The summed E-state index contributed by atoms with van der Waals surface area (Å²) in [5.41, 5.74) is 11.4. The molecule has 4 rings (SSSR count). The molecule has 1 amide bonds. The maximum absolute atomic E-state index is 13.4. The number of rotatable bonds is 4. The number of benzene rings is 3. The smallest absolute Gasteiger partial charge is 0.256 e. The first-order chi connectivity index (χ1) is 15.0. The van der Waals surface area contributed by atoms with Crippen LogP contribution in [0.25, 0.3) is 10.8 Å². The summed E-state index contributed by atoms with van der Waals surface area (Å²) in [5.74, 6) is -0.830. The molecule has 0 saturated carbocycles. The lowest BCUT2D eigenvalue weighted by atomic mass is 10.1. The molecule has 0 aliphatic carbocycles. The zero-order valence-electron chi connectivity index (χ0n) is 16.3. The molecule has 0 bridgehead atoms. The van der Waals surface area contributed by atoms with E-state index >= 15 is 0 Å². The summed E-state index contributed by atoms with van der Waals surface area (Å²) in [6, 6.07) is 17.2. The van der Waals surface area contributed by atoms with Crippen LogP contribution in [0.2, 0.25) is 0 Å². The first-order valence-corrected chi connectivity index (χ1v) is 9.80. The number of hydrogen-bond donors (Lipinski definition) is 3. The van der Waals surface area contributed by atoms with E-state index < -0.39 is 11.7 Å². The van der Waals surface area contributed by atoms with E-state index in [2.05, 4.69) is 42.3 Å². The second-order valence-corrected chi connectivity index (χ2v) is 6.93. The highest BCUT2D eigenvalue weighted by Crippen LogP contribution is 2.23. The molecule has 10 heteroatoms. The third kappa shape index (κ3) is 5.11. The second kappa shape index (κ2) is 9.92. The van der Waals surface area contributed by atoms with Gasteiger partial charge in [0.25, 0.3) is 5.91 Å². The molecule has 0 radical (unpaired) electrons. The average molecular weight is 485 g/mol. The van der Waals surface area contributed by atoms with Crippen molar-refractivity contribution in [3.8, 4) is 0 Å². The molecule has 1 aromatic heterocycles. The molecule has 0 saturated heterocycles. The number of aliphatic imine (C=N–C) groups is 1. The fraction of sp³-hybridized carbons (Fsp3) is 0.0476. The van der Waals surface area contributed by atoms with Gasteiger partial charge in [-0.3, -0.25) is 4.79 Å². The number of fused-ring (bicyclic) bond motifs is 1. The van der Waals surface area contributed by atoms with Crippen molar-refractivity contribution in [3.05, 3.63) is 82.2 Å². The Morgan fingerprint density at radius 2 is 1.81 bits per heavy atom. The highest BCUT2D eigenvalue weighted by atomic mass is 79.9. The van der Waals surface area contributed by atoms with Crippen molar-refractivity contribution in [1.29, 1.82) is 0 Å².